The molecule has 0 N–H and O–H groups in total. The molecule has 0 radical (unpaired) electrons. The van der Waals surface area contributed by atoms with Gasteiger partial charge in [-0.1, -0.05) is 160 Å². The van der Waals surface area contributed by atoms with Crippen LogP contribution in [0.25, 0.3) is 40.0 Å². The fourth-order valence-corrected chi connectivity index (χ4v) is 8.61. The molecule has 4 nitrogen and oxygen atoms in total. The van der Waals surface area contributed by atoms with E-state index in [0.717, 1.165) is 33.6 Å². The molecule has 0 unspecified atom stereocenters. The molecule has 8 rings (SSSR count). The van der Waals surface area contributed by atoms with Gasteiger partial charge in [0.25, 0.3) is 0 Å². The first-order valence-electron chi connectivity index (χ1n) is 17.5. The average molecular weight is 677 g/mol. The first-order valence-corrected chi connectivity index (χ1v) is 20.6. The standard InChI is InChI=1S/C46H40N4Si/c1-46(2)41-31-33(29-30-51(3,4)45-48-43(34-17-9-5-10-18-34)47-44(49-45)35-19-11-6-12-20-35)25-27-39(41)40-28-26-38(32-42(40)46)50(36-21-13-7-14-22-36)37-23-15-8-16-24-37/h5-32H,1-4H3/b30-29+. The van der Waals surface area contributed by atoms with Crippen LogP contribution in [-0.4, -0.2) is 23.0 Å². The second kappa shape index (κ2) is 13.1. The molecule has 5 heteroatoms. The molecule has 0 spiro atoms. The van der Waals surface area contributed by atoms with Crippen LogP contribution in [0.15, 0.2) is 163 Å². The second-order valence-corrected chi connectivity index (χ2v) is 18.5. The highest BCUT2D eigenvalue weighted by Crippen LogP contribution is 2.51. The number of hydrogen-bond acceptors (Lipinski definition) is 4. The molecule has 1 heterocycles. The molecule has 248 valence electrons. The molecule has 0 aliphatic heterocycles. The van der Waals surface area contributed by atoms with Gasteiger partial charge in [0, 0.05) is 33.6 Å². The maximum atomic E-state index is 5.07. The minimum absolute atomic E-state index is 0.167. The highest BCUT2D eigenvalue weighted by atomic mass is 28.3. The molecule has 0 atom stereocenters. The van der Waals surface area contributed by atoms with Gasteiger partial charge in [0.05, 0.1) is 0 Å². The molecular formula is C46H40N4Si. The zero-order valence-corrected chi connectivity index (χ0v) is 30.5. The Morgan fingerprint density at radius 3 is 1.51 bits per heavy atom. The van der Waals surface area contributed by atoms with E-state index in [1.54, 1.807) is 0 Å². The number of hydrogen-bond donors (Lipinski definition) is 0. The molecule has 0 saturated carbocycles. The zero-order chi connectivity index (χ0) is 35.0. The van der Waals surface area contributed by atoms with Crippen LogP contribution >= 0.6 is 0 Å². The fourth-order valence-electron chi connectivity index (χ4n) is 7.06. The van der Waals surface area contributed by atoms with Gasteiger partial charge >= 0.3 is 0 Å². The third kappa shape index (κ3) is 6.22. The minimum atomic E-state index is -2.25. The Labute approximate surface area is 301 Å². The van der Waals surface area contributed by atoms with Crippen LogP contribution in [0.2, 0.25) is 13.1 Å². The summed E-state index contributed by atoms with van der Waals surface area (Å²) in [4.78, 5) is 17.4. The molecule has 6 aromatic carbocycles. The summed E-state index contributed by atoms with van der Waals surface area (Å²) in [7, 11) is -2.25. The van der Waals surface area contributed by atoms with Crippen molar-refractivity contribution >= 4 is 36.7 Å². The molecule has 7 aromatic rings. The lowest BCUT2D eigenvalue weighted by Crippen LogP contribution is -2.44. The van der Waals surface area contributed by atoms with Crippen molar-refractivity contribution in [3.8, 4) is 33.9 Å². The summed E-state index contributed by atoms with van der Waals surface area (Å²) in [5.74, 6) is 1.42. The number of fused-ring (bicyclic) bond motifs is 3. The number of anilines is 3. The van der Waals surface area contributed by atoms with Crippen LogP contribution in [-0.2, 0) is 5.41 Å². The predicted octanol–water partition coefficient (Wildman–Crippen LogP) is 11.1. The van der Waals surface area contributed by atoms with Gasteiger partial charge in [-0.05, 0) is 64.2 Å². The Hall–Kier alpha value is -5.91. The van der Waals surface area contributed by atoms with E-state index in [-0.39, 0.29) is 5.41 Å². The third-order valence-electron chi connectivity index (χ3n) is 9.94. The Balaban J connectivity index is 1.13. The number of aromatic nitrogens is 3. The molecule has 1 aliphatic rings. The highest BCUT2D eigenvalue weighted by Gasteiger charge is 2.36. The highest BCUT2D eigenvalue weighted by molar-refractivity contribution is 6.93. The maximum absolute atomic E-state index is 5.07. The molecule has 0 amide bonds. The van der Waals surface area contributed by atoms with Crippen molar-refractivity contribution in [3.05, 3.63) is 180 Å². The summed E-state index contributed by atoms with van der Waals surface area (Å²) in [6.45, 7) is 9.32. The molecule has 51 heavy (non-hydrogen) atoms. The summed E-state index contributed by atoms with van der Waals surface area (Å²) in [5.41, 5.74) is 15.0. The lowest BCUT2D eigenvalue weighted by atomic mass is 9.82. The summed E-state index contributed by atoms with van der Waals surface area (Å²) in [6, 6.07) is 55.5. The van der Waals surface area contributed by atoms with Crippen molar-refractivity contribution in [3.63, 3.8) is 0 Å². The number of benzene rings is 6. The van der Waals surface area contributed by atoms with Crippen molar-refractivity contribution in [2.45, 2.75) is 32.4 Å². The van der Waals surface area contributed by atoms with Gasteiger partial charge in [-0.2, -0.15) is 0 Å². The number of nitrogens with zero attached hydrogens (tertiary/aromatic N) is 4. The molecule has 0 bridgehead atoms. The van der Waals surface area contributed by atoms with E-state index in [0.29, 0.717) is 11.6 Å². The van der Waals surface area contributed by atoms with Crippen molar-refractivity contribution < 1.29 is 0 Å². The van der Waals surface area contributed by atoms with E-state index in [4.69, 9.17) is 15.0 Å². The van der Waals surface area contributed by atoms with Crippen LogP contribution in [0.5, 0.6) is 0 Å². The largest absolute Gasteiger partial charge is 0.310 e. The maximum Gasteiger partial charge on any atom is 0.163 e. The van der Waals surface area contributed by atoms with E-state index < -0.39 is 8.07 Å². The number of rotatable bonds is 8. The fraction of sp³-hybridized carbons (Fsp3) is 0.109. The Kier molecular flexibility index (Phi) is 8.29. The van der Waals surface area contributed by atoms with Crippen molar-refractivity contribution in [1.29, 1.82) is 0 Å². The van der Waals surface area contributed by atoms with Crippen molar-refractivity contribution in [2.75, 3.05) is 4.90 Å². The Morgan fingerprint density at radius 1 is 0.510 bits per heavy atom. The second-order valence-electron chi connectivity index (χ2n) is 14.3. The quantitative estimate of drug-likeness (QED) is 0.150. The van der Waals surface area contributed by atoms with Crippen molar-refractivity contribution in [2.24, 2.45) is 0 Å². The van der Waals surface area contributed by atoms with Crippen LogP contribution in [0.1, 0.15) is 30.5 Å². The van der Waals surface area contributed by atoms with Crippen LogP contribution in [0.3, 0.4) is 0 Å². The smallest absolute Gasteiger partial charge is 0.163 e. The van der Waals surface area contributed by atoms with Crippen LogP contribution in [0, 0.1) is 0 Å². The summed E-state index contributed by atoms with van der Waals surface area (Å²) in [5, 5.41) is 0. The molecule has 1 aromatic heterocycles. The summed E-state index contributed by atoms with van der Waals surface area (Å²) >= 11 is 0. The summed E-state index contributed by atoms with van der Waals surface area (Å²) < 4.78 is 0. The van der Waals surface area contributed by atoms with Crippen LogP contribution < -0.4 is 10.3 Å². The average Bonchev–Trinajstić information content (AvgIpc) is 3.40. The topological polar surface area (TPSA) is 41.9 Å². The Morgan fingerprint density at radius 2 is 0.980 bits per heavy atom. The SMILES string of the molecule is CC1(C)c2cc(/C=C/[Si](C)(C)c3nc(-c4ccccc4)nc(-c4ccccc4)n3)ccc2-c2ccc(N(c3ccccc3)c3ccccc3)cc21. The first-order chi connectivity index (χ1) is 24.8. The Bertz CT molecular complexity index is 2260. The lowest BCUT2D eigenvalue weighted by molar-refractivity contribution is 0.660. The molecule has 0 saturated heterocycles. The predicted molar refractivity (Wildman–Crippen MR) is 216 cm³/mol. The van der Waals surface area contributed by atoms with E-state index in [1.807, 2.05) is 36.4 Å². The van der Waals surface area contributed by atoms with Gasteiger partial charge in [0.1, 0.15) is 5.45 Å². The van der Waals surface area contributed by atoms with Crippen LogP contribution in [0.4, 0.5) is 17.1 Å². The van der Waals surface area contributed by atoms with Gasteiger partial charge in [-0.15, -0.1) is 0 Å². The third-order valence-corrected chi connectivity index (χ3v) is 12.3. The minimum Gasteiger partial charge on any atom is -0.310 e. The van der Waals surface area contributed by atoms with Gasteiger partial charge in [-0.3, -0.25) is 0 Å². The zero-order valence-electron chi connectivity index (χ0n) is 29.5. The van der Waals surface area contributed by atoms with E-state index in [2.05, 4.69) is 165 Å². The van der Waals surface area contributed by atoms with Gasteiger partial charge < -0.3 is 4.90 Å². The van der Waals surface area contributed by atoms with E-state index >= 15 is 0 Å². The number of para-hydroxylation sites is 2. The van der Waals surface area contributed by atoms with Gasteiger partial charge in [0.2, 0.25) is 0 Å². The van der Waals surface area contributed by atoms with Crippen molar-refractivity contribution in [1.82, 2.24) is 15.0 Å². The summed E-state index contributed by atoms with van der Waals surface area (Å²) in [6.07, 6.45) is 2.28. The van der Waals surface area contributed by atoms with Gasteiger partial charge in [-0.25, -0.2) is 15.0 Å². The lowest BCUT2D eigenvalue weighted by Gasteiger charge is -2.28. The normalized spacial score (nSPS) is 13.2. The van der Waals surface area contributed by atoms with Gasteiger partial charge in [0.15, 0.2) is 19.7 Å². The molecular weight excluding hydrogens is 637 g/mol. The monoisotopic (exact) mass is 676 g/mol. The molecule has 0 fully saturated rings. The van der Waals surface area contributed by atoms with E-state index in [9.17, 15) is 0 Å². The first kappa shape index (κ1) is 32.3. The molecule has 1 aliphatic carbocycles. The van der Waals surface area contributed by atoms with E-state index in [1.165, 1.54) is 27.8 Å².